The van der Waals surface area contributed by atoms with Gasteiger partial charge in [-0.2, -0.15) is 0 Å². The largest absolute Gasteiger partial charge is 0.445 e. The lowest BCUT2D eigenvalue weighted by Gasteiger charge is -2.04. The molecule has 0 fully saturated rings. The highest BCUT2D eigenvalue weighted by Gasteiger charge is 1.98. The average molecular weight is 242 g/mol. The number of nitrogens with zero attached hydrogens (tertiary/aromatic N) is 2. The summed E-state index contributed by atoms with van der Waals surface area (Å²) in [6.07, 6.45) is 5.46. The molecule has 3 heteroatoms. The van der Waals surface area contributed by atoms with Crippen molar-refractivity contribution < 1.29 is 4.74 Å². The molecular formula is C15H18N2O. The smallest absolute Gasteiger partial charge is 0.176 e. The Balaban J connectivity index is 2.03. The van der Waals surface area contributed by atoms with Crippen molar-refractivity contribution in [3.63, 3.8) is 0 Å². The van der Waals surface area contributed by atoms with Gasteiger partial charge in [-0.1, -0.05) is 31.5 Å². The lowest BCUT2D eigenvalue weighted by molar-refractivity contribution is 0.554. The zero-order valence-electron chi connectivity index (χ0n) is 10.8. The van der Waals surface area contributed by atoms with E-state index in [0.717, 1.165) is 29.5 Å². The Kier molecular flexibility index (Phi) is 4.29. The lowest BCUT2D eigenvalue weighted by atomic mass is 10.2. The molecule has 0 radical (unpaired) electrons. The van der Waals surface area contributed by atoms with E-state index in [9.17, 15) is 0 Å². The topological polar surface area (TPSA) is 34.5 Å². The second-order valence-electron chi connectivity index (χ2n) is 4.37. The number of rotatable bonds is 5. The summed E-state index contributed by atoms with van der Waals surface area (Å²) in [6.45, 7) is 4.24. The highest BCUT2D eigenvalue weighted by molar-refractivity contribution is 5.79. The third-order valence-electron chi connectivity index (χ3n) is 2.78. The maximum Gasteiger partial charge on any atom is 0.176 e. The number of pyridine rings is 1. The molecule has 1 aromatic carbocycles. The molecule has 0 N–H and O–H groups in total. The Morgan fingerprint density at radius 3 is 3.06 bits per heavy atom. The number of hydrogen-bond donors (Lipinski definition) is 0. The van der Waals surface area contributed by atoms with E-state index in [2.05, 4.69) is 23.8 Å². The van der Waals surface area contributed by atoms with Crippen molar-refractivity contribution in [1.29, 1.82) is 0 Å². The first-order chi connectivity index (χ1) is 8.79. The molecule has 0 spiro atoms. The van der Waals surface area contributed by atoms with Crippen LogP contribution in [0.15, 0.2) is 41.5 Å². The predicted molar refractivity (Wildman–Crippen MR) is 75.2 cm³/mol. The highest BCUT2D eigenvalue weighted by atomic mass is 16.5. The van der Waals surface area contributed by atoms with Gasteiger partial charge in [-0.05, 0) is 25.5 Å². The molecule has 94 valence electrons. The van der Waals surface area contributed by atoms with Crippen molar-refractivity contribution in [2.75, 3.05) is 0 Å². The van der Waals surface area contributed by atoms with Gasteiger partial charge in [0.05, 0.1) is 17.8 Å². The maximum absolute atomic E-state index is 5.48. The fraction of sp³-hybridized carbons (Fsp3) is 0.333. The van der Waals surface area contributed by atoms with E-state index in [4.69, 9.17) is 4.74 Å². The number of aliphatic imine (C=N–C) groups is 1. The van der Waals surface area contributed by atoms with E-state index >= 15 is 0 Å². The molecular weight excluding hydrogens is 224 g/mol. The third kappa shape index (κ3) is 3.29. The molecule has 0 aliphatic carbocycles. The molecule has 0 amide bonds. The number of benzene rings is 1. The van der Waals surface area contributed by atoms with Gasteiger partial charge in [0.1, 0.15) is 5.75 Å². The average Bonchev–Trinajstić information content (AvgIpc) is 2.39. The van der Waals surface area contributed by atoms with Gasteiger partial charge in [-0.15, -0.1) is 0 Å². The lowest BCUT2D eigenvalue weighted by Crippen LogP contribution is -2.00. The molecule has 0 saturated heterocycles. The van der Waals surface area contributed by atoms with Crippen molar-refractivity contribution in [2.24, 2.45) is 4.99 Å². The summed E-state index contributed by atoms with van der Waals surface area (Å²) < 4.78 is 5.48. The number of fused-ring (bicyclic) bond motifs is 1. The normalized spacial score (nSPS) is 13.0. The van der Waals surface area contributed by atoms with Crippen LogP contribution in [0.4, 0.5) is 0 Å². The SMILES string of the molecule is CCCC(C)/N=C/Oc1cnc2ccccc2c1. The molecule has 1 atom stereocenters. The van der Waals surface area contributed by atoms with Crippen LogP contribution in [0.3, 0.4) is 0 Å². The van der Waals surface area contributed by atoms with Crippen LogP contribution in [-0.2, 0) is 0 Å². The van der Waals surface area contributed by atoms with Gasteiger partial charge in [0, 0.05) is 5.39 Å². The predicted octanol–water partition coefficient (Wildman–Crippen LogP) is 3.83. The molecule has 3 nitrogen and oxygen atoms in total. The minimum absolute atomic E-state index is 0.309. The standard InChI is InChI=1S/C15H18N2O/c1-3-6-12(2)17-11-18-14-9-13-7-4-5-8-15(13)16-10-14/h4-5,7-12H,3,6H2,1-2H3/b17-11+. The zero-order valence-corrected chi connectivity index (χ0v) is 10.8. The third-order valence-corrected chi connectivity index (χ3v) is 2.78. The van der Waals surface area contributed by atoms with E-state index in [0.29, 0.717) is 6.04 Å². The molecule has 2 rings (SSSR count). The first kappa shape index (κ1) is 12.6. The van der Waals surface area contributed by atoms with Gasteiger partial charge in [0.2, 0.25) is 0 Å². The first-order valence-corrected chi connectivity index (χ1v) is 6.32. The molecule has 0 aliphatic rings. The van der Waals surface area contributed by atoms with Crippen molar-refractivity contribution in [2.45, 2.75) is 32.7 Å². The van der Waals surface area contributed by atoms with Crippen LogP contribution in [-0.4, -0.2) is 17.4 Å². The molecule has 0 bridgehead atoms. The Bertz CT molecular complexity index is 537. The summed E-state index contributed by atoms with van der Waals surface area (Å²) in [5.41, 5.74) is 0.973. The fourth-order valence-electron chi connectivity index (χ4n) is 1.80. The van der Waals surface area contributed by atoms with Gasteiger partial charge in [-0.3, -0.25) is 9.98 Å². The number of aromatic nitrogens is 1. The van der Waals surface area contributed by atoms with Gasteiger partial charge in [-0.25, -0.2) is 0 Å². The van der Waals surface area contributed by atoms with E-state index in [1.54, 1.807) is 6.20 Å². The van der Waals surface area contributed by atoms with Crippen molar-refractivity contribution in [3.8, 4) is 5.75 Å². The minimum Gasteiger partial charge on any atom is -0.445 e. The summed E-state index contributed by atoms with van der Waals surface area (Å²) in [4.78, 5) is 8.64. The molecule has 2 aromatic rings. The molecule has 1 unspecified atom stereocenters. The van der Waals surface area contributed by atoms with E-state index in [1.807, 2.05) is 30.3 Å². The van der Waals surface area contributed by atoms with E-state index in [1.165, 1.54) is 6.40 Å². The number of para-hydroxylation sites is 1. The second-order valence-corrected chi connectivity index (χ2v) is 4.37. The van der Waals surface area contributed by atoms with Gasteiger partial charge in [0.15, 0.2) is 6.40 Å². The Morgan fingerprint density at radius 2 is 2.22 bits per heavy atom. The molecule has 0 aliphatic heterocycles. The molecule has 18 heavy (non-hydrogen) atoms. The Hall–Kier alpha value is -1.90. The van der Waals surface area contributed by atoms with Crippen LogP contribution < -0.4 is 4.74 Å². The van der Waals surface area contributed by atoms with Crippen LogP contribution in [0.1, 0.15) is 26.7 Å². The first-order valence-electron chi connectivity index (χ1n) is 6.32. The van der Waals surface area contributed by atoms with E-state index in [-0.39, 0.29) is 0 Å². The molecule has 1 heterocycles. The minimum atomic E-state index is 0.309. The summed E-state index contributed by atoms with van der Waals surface area (Å²) in [5.74, 6) is 0.723. The maximum atomic E-state index is 5.48. The summed E-state index contributed by atoms with van der Waals surface area (Å²) >= 11 is 0. The van der Waals surface area contributed by atoms with Gasteiger partial charge < -0.3 is 4.74 Å². The zero-order chi connectivity index (χ0) is 12.8. The van der Waals surface area contributed by atoms with Crippen LogP contribution in [0.2, 0.25) is 0 Å². The summed E-state index contributed by atoms with van der Waals surface area (Å²) in [5, 5.41) is 1.07. The van der Waals surface area contributed by atoms with Gasteiger partial charge >= 0.3 is 0 Å². The number of hydrogen-bond acceptors (Lipinski definition) is 3. The van der Waals surface area contributed by atoms with Crippen LogP contribution in [0.5, 0.6) is 5.75 Å². The van der Waals surface area contributed by atoms with Gasteiger partial charge in [0.25, 0.3) is 0 Å². The summed E-state index contributed by atoms with van der Waals surface area (Å²) in [6, 6.07) is 10.2. The van der Waals surface area contributed by atoms with Crippen LogP contribution in [0.25, 0.3) is 10.9 Å². The van der Waals surface area contributed by atoms with Crippen molar-refractivity contribution in [1.82, 2.24) is 4.98 Å². The highest BCUT2D eigenvalue weighted by Crippen LogP contribution is 2.17. The second kappa shape index (κ2) is 6.15. The molecule has 1 aromatic heterocycles. The number of ether oxygens (including phenoxy) is 1. The Morgan fingerprint density at radius 1 is 1.39 bits per heavy atom. The summed E-state index contributed by atoms with van der Waals surface area (Å²) in [7, 11) is 0. The monoisotopic (exact) mass is 242 g/mol. The Labute approximate surface area is 108 Å². The fourth-order valence-corrected chi connectivity index (χ4v) is 1.80. The molecule has 0 saturated carbocycles. The van der Waals surface area contributed by atoms with Crippen molar-refractivity contribution >= 4 is 17.3 Å². The van der Waals surface area contributed by atoms with Crippen LogP contribution >= 0.6 is 0 Å². The van der Waals surface area contributed by atoms with Crippen molar-refractivity contribution in [3.05, 3.63) is 36.5 Å². The van der Waals surface area contributed by atoms with Crippen LogP contribution in [0, 0.1) is 0 Å². The van der Waals surface area contributed by atoms with E-state index < -0.39 is 0 Å². The quantitative estimate of drug-likeness (QED) is 0.590.